The average molecular weight is 429 g/mol. The molecule has 6 aromatic rings. The van der Waals surface area contributed by atoms with Gasteiger partial charge in [-0.2, -0.15) is 10.2 Å². The summed E-state index contributed by atoms with van der Waals surface area (Å²) in [4.78, 5) is 9.37. The van der Waals surface area contributed by atoms with Gasteiger partial charge >= 0.3 is 0 Å². The van der Waals surface area contributed by atoms with E-state index in [2.05, 4.69) is 20.5 Å². The standard InChI is InChI=1S/C22H17ClN8/c1-14-20(23)22-26-21(16-6-2-3-7-17(16)31(22)27-14)25-18-9-11-30(28-18)13-15-12-29-10-5-4-8-19(29)24-15/h2-12H,13H2,1H3,(H,25,26,28). The summed E-state index contributed by atoms with van der Waals surface area (Å²) in [7, 11) is 0. The van der Waals surface area contributed by atoms with Crippen molar-refractivity contribution in [3.63, 3.8) is 0 Å². The number of pyridine rings is 1. The summed E-state index contributed by atoms with van der Waals surface area (Å²) in [6, 6.07) is 15.8. The molecule has 0 unspecified atom stereocenters. The van der Waals surface area contributed by atoms with Gasteiger partial charge in [0.1, 0.15) is 16.5 Å². The highest BCUT2D eigenvalue weighted by Gasteiger charge is 2.15. The van der Waals surface area contributed by atoms with Crippen molar-refractivity contribution in [2.75, 3.05) is 5.32 Å². The highest BCUT2D eigenvalue weighted by atomic mass is 35.5. The van der Waals surface area contributed by atoms with Gasteiger partial charge in [0.05, 0.1) is 23.4 Å². The SMILES string of the molecule is Cc1nn2c(nc(Nc3ccn(Cc4cn5ccccc5n4)n3)c3ccccc32)c1Cl. The van der Waals surface area contributed by atoms with Crippen molar-refractivity contribution in [1.82, 2.24) is 33.8 Å². The first-order valence-corrected chi connectivity index (χ1v) is 10.2. The third-order valence-electron chi connectivity index (χ3n) is 5.19. The van der Waals surface area contributed by atoms with Crippen LogP contribution in [0.5, 0.6) is 0 Å². The monoisotopic (exact) mass is 428 g/mol. The predicted octanol–water partition coefficient (Wildman–Crippen LogP) is 4.48. The first-order chi connectivity index (χ1) is 15.2. The van der Waals surface area contributed by atoms with E-state index in [0.29, 0.717) is 28.9 Å². The Bertz CT molecular complexity index is 1540. The number of hydrogen-bond donors (Lipinski definition) is 1. The lowest BCUT2D eigenvalue weighted by atomic mass is 10.2. The van der Waals surface area contributed by atoms with E-state index in [9.17, 15) is 0 Å². The summed E-state index contributed by atoms with van der Waals surface area (Å²) in [5.74, 6) is 1.38. The zero-order chi connectivity index (χ0) is 20.9. The molecular formula is C22H17ClN8. The maximum Gasteiger partial charge on any atom is 0.176 e. The smallest absolute Gasteiger partial charge is 0.176 e. The summed E-state index contributed by atoms with van der Waals surface area (Å²) < 4.78 is 5.63. The van der Waals surface area contributed by atoms with Crippen molar-refractivity contribution in [2.45, 2.75) is 13.5 Å². The molecule has 1 aromatic carbocycles. The van der Waals surface area contributed by atoms with E-state index in [4.69, 9.17) is 16.6 Å². The number of anilines is 2. The van der Waals surface area contributed by atoms with Crippen molar-refractivity contribution in [1.29, 1.82) is 0 Å². The fraction of sp³-hybridized carbons (Fsp3) is 0.0909. The minimum absolute atomic E-state index is 0.547. The number of aryl methyl sites for hydroxylation is 1. The number of nitrogens with one attached hydrogen (secondary N) is 1. The van der Waals surface area contributed by atoms with Gasteiger partial charge in [0.15, 0.2) is 11.5 Å². The van der Waals surface area contributed by atoms with E-state index in [-0.39, 0.29) is 0 Å². The van der Waals surface area contributed by atoms with Crippen LogP contribution in [0, 0.1) is 6.92 Å². The van der Waals surface area contributed by atoms with Crippen LogP contribution in [0.4, 0.5) is 11.6 Å². The molecule has 5 aromatic heterocycles. The summed E-state index contributed by atoms with van der Waals surface area (Å²) in [6.45, 7) is 2.45. The molecule has 31 heavy (non-hydrogen) atoms. The molecule has 0 aliphatic carbocycles. The van der Waals surface area contributed by atoms with Crippen LogP contribution < -0.4 is 5.32 Å². The van der Waals surface area contributed by atoms with Gasteiger partial charge in [-0.05, 0) is 31.2 Å². The molecule has 0 aliphatic rings. The molecule has 0 saturated heterocycles. The summed E-state index contributed by atoms with van der Waals surface area (Å²) in [6.07, 6.45) is 5.91. The third kappa shape index (κ3) is 3.00. The lowest BCUT2D eigenvalue weighted by Crippen LogP contribution is -2.03. The number of imidazole rings is 1. The van der Waals surface area contributed by atoms with E-state index in [1.54, 1.807) is 4.52 Å². The summed E-state index contributed by atoms with van der Waals surface area (Å²) >= 11 is 6.44. The Morgan fingerprint density at radius 3 is 2.74 bits per heavy atom. The van der Waals surface area contributed by atoms with Gasteiger partial charge in [0, 0.05) is 30.0 Å². The molecule has 0 bridgehead atoms. The number of aromatic nitrogens is 7. The molecule has 0 spiro atoms. The van der Waals surface area contributed by atoms with Gasteiger partial charge in [0.2, 0.25) is 0 Å². The molecule has 0 atom stereocenters. The second-order valence-electron chi connectivity index (χ2n) is 7.33. The Labute approximate surface area is 181 Å². The van der Waals surface area contributed by atoms with Crippen LogP contribution in [0.25, 0.3) is 22.2 Å². The largest absolute Gasteiger partial charge is 0.323 e. The van der Waals surface area contributed by atoms with Crippen LogP contribution in [0.2, 0.25) is 5.02 Å². The van der Waals surface area contributed by atoms with E-state index in [1.165, 1.54) is 0 Å². The molecule has 9 heteroatoms. The lowest BCUT2D eigenvalue weighted by Gasteiger charge is -2.08. The van der Waals surface area contributed by atoms with Gasteiger partial charge < -0.3 is 9.72 Å². The predicted molar refractivity (Wildman–Crippen MR) is 120 cm³/mol. The lowest BCUT2D eigenvalue weighted by molar-refractivity contribution is 0.678. The number of fused-ring (bicyclic) bond motifs is 4. The topological polar surface area (TPSA) is 77.3 Å². The van der Waals surface area contributed by atoms with Gasteiger partial charge in [-0.15, -0.1) is 0 Å². The maximum atomic E-state index is 6.44. The Kier molecular flexibility index (Phi) is 3.94. The third-order valence-corrected chi connectivity index (χ3v) is 5.64. The number of nitrogens with zero attached hydrogens (tertiary/aromatic N) is 7. The molecule has 8 nitrogen and oxygen atoms in total. The van der Waals surface area contributed by atoms with E-state index < -0.39 is 0 Å². The minimum Gasteiger partial charge on any atom is -0.323 e. The molecule has 5 heterocycles. The molecular weight excluding hydrogens is 412 g/mol. The summed E-state index contributed by atoms with van der Waals surface area (Å²) in [5.41, 5.74) is 4.14. The van der Waals surface area contributed by atoms with Crippen LogP contribution in [0.3, 0.4) is 0 Å². The van der Waals surface area contributed by atoms with Gasteiger partial charge in [-0.1, -0.05) is 29.8 Å². The van der Waals surface area contributed by atoms with Crippen molar-refractivity contribution in [2.24, 2.45) is 0 Å². The van der Waals surface area contributed by atoms with Crippen molar-refractivity contribution < 1.29 is 0 Å². The maximum absolute atomic E-state index is 6.44. The Hall–Kier alpha value is -3.91. The number of halogens is 1. The highest BCUT2D eigenvalue weighted by molar-refractivity contribution is 6.34. The Morgan fingerprint density at radius 2 is 1.84 bits per heavy atom. The summed E-state index contributed by atoms with van der Waals surface area (Å²) in [5, 5.41) is 14.0. The Morgan fingerprint density at radius 1 is 0.968 bits per heavy atom. The Balaban J connectivity index is 1.35. The zero-order valence-corrected chi connectivity index (χ0v) is 17.3. The molecule has 0 saturated carbocycles. The molecule has 0 amide bonds. The fourth-order valence-corrected chi connectivity index (χ4v) is 3.91. The van der Waals surface area contributed by atoms with Crippen LogP contribution in [-0.4, -0.2) is 33.8 Å². The molecule has 0 aliphatic heterocycles. The minimum atomic E-state index is 0.547. The van der Waals surface area contributed by atoms with Crippen molar-refractivity contribution >= 4 is 45.4 Å². The van der Waals surface area contributed by atoms with E-state index in [0.717, 1.165) is 27.9 Å². The average Bonchev–Trinajstić information content (AvgIpc) is 3.47. The second kappa shape index (κ2) is 6.82. The number of benzene rings is 1. The van der Waals surface area contributed by atoms with E-state index >= 15 is 0 Å². The second-order valence-corrected chi connectivity index (χ2v) is 7.71. The fourth-order valence-electron chi connectivity index (χ4n) is 3.75. The van der Waals surface area contributed by atoms with Crippen molar-refractivity contribution in [3.05, 3.63) is 83.5 Å². The molecule has 152 valence electrons. The van der Waals surface area contributed by atoms with Gasteiger partial charge in [0.25, 0.3) is 0 Å². The quantitative estimate of drug-likeness (QED) is 0.448. The van der Waals surface area contributed by atoms with Crippen LogP contribution in [0.15, 0.2) is 67.1 Å². The zero-order valence-electron chi connectivity index (χ0n) is 16.6. The van der Waals surface area contributed by atoms with Crippen LogP contribution >= 0.6 is 11.6 Å². The first-order valence-electron chi connectivity index (χ1n) is 9.82. The first kappa shape index (κ1) is 17.9. The molecule has 1 N–H and O–H groups in total. The van der Waals surface area contributed by atoms with Crippen LogP contribution in [0.1, 0.15) is 11.4 Å². The number of para-hydroxylation sites is 1. The highest BCUT2D eigenvalue weighted by Crippen LogP contribution is 2.29. The van der Waals surface area contributed by atoms with Crippen molar-refractivity contribution in [3.8, 4) is 0 Å². The molecule has 0 fully saturated rings. The number of rotatable bonds is 4. The number of hydrogen-bond acceptors (Lipinski definition) is 5. The van der Waals surface area contributed by atoms with E-state index in [1.807, 2.05) is 83.1 Å². The van der Waals surface area contributed by atoms with Crippen LogP contribution in [-0.2, 0) is 6.54 Å². The van der Waals surface area contributed by atoms with Gasteiger partial charge in [-0.25, -0.2) is 14.5 Å². The normalized spacial score (nSPS) is 11.7. The molecule has 6 rings (SSSR count). The van der Waals surface area contributed by atoms with Gasteiger partial charge in [-0.3, -0.25) is 4.68 Å². The molecule has 0 radical (unpaired) electrons.